The minimum Gasteiger partial charge on any atom is -0.412 e. The summed E-state index contributed by atoms with van der Waals surface area (Å²) in [6, 6.07) is 10.4. The maximum Gasteiger partial charge on any atom is 0.192 e. The van der Waals surface area contributed by atoms with E-state index in [1.807, 2.05) is 6.07 Å². The van der Waals surface area contributed by atoms with E-state index in [2.05, 4.69) is 58.1 Å². The number of hydrogen-bond acceptors (Lipinski definition) is 2. The molecule has 0 unspecified atom stereocenters. The Labute approximate surface area is 118 Å². The first kappa shape index (κ1) is 16.4. The van der Waals surface area contributed by atoms with Crippen LogP contribution in [0.5, 0.6) is 0 Å². The Bertz CT molecular complexity index is 368. The molecule has 1 aromatic rings. The molecule has 1 aromatic carbocycles. The summed E-state index contributed by atoms with van der Waals surface area (Å²) in [5.41, 5.74) is 1.31. The summed E-state index contributed by atoms with van der Waals surface area (Å²) in [7, 11) is -1.79. The van der Waals surface area contributed by atoms with Crippen molar-refractivity contribution in [2.24, 2.45) is 0 Å². The summed E-state index contributed by atoms with van der Waals surface area (Å²) >= 11 is 0. The highest BCUT2D eigenvalue weighted by molar-refractivity contribution is 6.74. The Balaban J connectivity index is 2.55. The quantitative estimate of drug-likeness (QED) is 0.798. The van der Waals surface area contributed by atoms with E-state index in [1.54, 1.807) is 0 Å². The zero-order chi connectivity index (χ0) is 14.5. The van der Waals surface area contributed by atoms with E-state index in [0.717, 1.165) is 12.8 Å². The van der Waals surface area contributed by atoms with Crippen LogP contribution in [-0.4, -0.2) is 26.1 Å². The van der Waals surface area contributed by atoms with Gasteiger partial charge in [-0.25, -0.2) is 0 Å². The van der Waals surface area contributed by atoms with Crippen molar-refractivity contribution in [3.05, 3.63) is 35.9 Å². The molecule has 0 fully saturated rings. The summed E-state index contributed by atoms with van der Waals surface area (Å²) < 4.78 is 6.26. The Morgan fingerprint density at radius 1 is 1.16 bits per heavy atom. The standard InChI is InChI=1S/C16H28O2Si/c1-16(2,3)19(4,5)18-15(13-17)12-11-14-9-7-6-8-10-14/h6-10,15,17H,11-13H2,1-5H3/t15-/m0/s1. The van der Waals surface area contributed by atoms with E-state index in [0.29, 0.717) is 0 Å². The van der Waals surface area contributed by atoms with Crippen LogP contribution in [0.1, 0.15) is 32.8 Å². The van der Waals surface area contributed by atoms with E-state index in [9.17, 15) is 5.11 Å². The fourth-order valence-corrected chi connectivity index (χ4v) is 3.13. The molecule has 0 aliphatic heterocycles. The molecule has 0 bridgehead atoms. The molecule has 0 amide bonds. The highest BCUT2D eigenvalue weighted by atomic mass is 28.4. The van der Waals surface area contributed by atoms with Gasteiger partial charge >= 0.3 is 0 Å². The van der Waals surface area contributed by atoms with Crippen LogP contribution in [0.3, 0.4) is 0 Å². The molecule has 1 rings (SSSR count). The zero-order valence-corrected chi connectivity index (χ0v) is 13.9. The second-order valence-electron chi connectivity index (χ2n) is 6.71. The fraction of sp³-hybridized carbons (Fsp3) is 0.625. The molecule has 0 heterocycles. The summed E-state index contributed by atoms with van der Waals surface area (Å²) in [4.78, 5) is 0. The third-order valence-corrected chi connectivity index (χ3v) is 8.60. The highest BCUT2D eigenvalue weighted by Gasteiger charge is 2.38. The van der Waals surface area contributed by atoms with Gasteiger partial charge in [0, 0.05) is 0 Å². The van der Waals surface area contributed by atoms with Crippen molar-refractivity contribution in [1.29, 1.82) is 0 Å². The van der Waals surface area contributed by atoms with Crippen molar-refractivity contribution in [2.45, 2.75) is 57.8 Å². The van der Waals surface area contributed by atoms with Crippen LogP contribution in [0.15, 0.2) is 30.3 Å². The third kappa shape index (κ3) is 5.09. The lowest BCUT2D eigenvalue weighted by molar-refractivity contribution is 0.0963. The van der Waals surface area contributed by atoms with Crippen LogP contribution in [-0.2, 0) is 10.8 Å². The second-order valence-corrected chi connectivity index (χ2v) is 11.5. The van der Waals surface area contributed by atoms with Crippen molar-refractivity contribution in [3.63, 3.8) is 0 Å². The number of rotatable bonds is 6. The first-order chi connectivity index (χ1) is 8.76. The molecule has 0 spiro atoms. The van der Waals surface area contributed by atoms with Crippen LogP contribution < -0.4 is 0 Å². The minimum absolute atomic E-state index is 0.0407. The maximum atomic E-state index is 9.53. The molecular weight excluding hydrogens is 252 g/mol. The first-order valence-corrected chi connectivity index (χ1v) is 10.00. The predicted molar refractivity (Wildman–Crippen MR) is 83.9 cm³/mol. The average molecular weight is 280 g/mol. The zero-order valence-electron chi connectivity index (χ0n) is 12.9. The Kier molecular flexibility index (Phi) is 5.77. The number of hydrogen-bond donors (Lipinski definition) is 1. The van der Waals surface area contributed by atoms with E-state index >= 15 is 0 Å². The van der Waals surface area contributed by atoms with Gasteiger partial charge in [-0.15, -0.1) is 0 Å². The van der Waals surface area contributed by atoms with Crippen molar-refractivity contribution < 1.29 is 9.53 Å². The molecule has 0 saturated heterocycles. The van der Waals surface area contributed by atoms with Crippen LogP contribution >= 0.6 is 0 Å². The van der Waals surface area contributed by atoms with Crippen LogP contribution in [0.4, 0.5) is 0 Å². The Morgan fingerprint density at radius 3 is 2.21 bits per heavy atom. The van der Waals surface area contributed by atoms with Crippen molar-refractivity contribution in [3.8, 4) is 0 Å². The van der Waals surface area contributed by atoms with Crippen molar-refractivity contribution >= 4 is 8.32 Å². The molecule has 0 aliphatic rings. The lowest BCUT2D eigenvalue weighted by atomic mass is 10.1. The smallest absolute Gasteiger partial charge is 0.192 e. The molecule has 19 heavy (non-hydrogen) atoms. The van der Waals surface area contributed by atoms with Crippen molar-refractivity contribution in [2.75, 3.05) is 6.61 Å². The van der Waals surface area contributed by atoms with Gasteiger partial charge in [-0.05, 0) is 36.5 Å². The fourth-order valence-electron chi connectivity index (χ4n) is 1.75. The largest absolute Gasteiger partial charge is 0.412 e. The van der Waals surface area contributed by atoms with Gasteiger partial charge in [-0.1, -0.05) is 51.1 Å². The lowest BCUT2D eigenvalue weighted by Crippen LogP contribution is -2.45. The minimum atomic E-state index is -1.79. The van der Waals surface area contributed by atoms with Gasteiger partial charge in [0.1, 0.15) is 0 Å². The van der Waals surface area contributed by atoms with Gasteiger partial charge in [-0.2, -0.15) is 0 Å². The van der Waals surface area contributed by atoms with Gasteiger partial charge in [-0.3, -0.25) is 0 Å². The monoisotopic (exact) mass is 280 g/mol. The highest BCUT2D eigenvalue weighted by Crippen LogP contribution is 2.37. The Hall–Kier alpha value is -0.643. The number of aliphatic hydroxyl groups excluding tert-OH is 1. The van der Waals surface area contributed by atoms with Gasteiger partial charge in [0.15, 0.2) is 8.32 Å². The van der Waals surface area contributed by atoms with Gasteiger partial charge < -0.3 is 9.53 Å². The normalized spacial score (nSPS) is 14.4. The van der Waals surface area contributed by atoms with Crippen LogP contribution in [0, 0.1) is 0 Å². The number of aryl methyl sites for hydroxylation is 1. The van der Waals surface area contributed by atoms with Gasteiger partial charge in [0.2, 0.25) is 0 Å². The Morgan fingerprint density at radius 2 is 1.74 bits per heavy atom. The molecular formula is C16H28O2Si. The average Bonchev–Trinajstić information content (AvgIpc) is 2.34. The topological polar surface area (TPSA) is 29.5 Å². The molecule has 0 aromatic heterocycles. The SMILES string of the molecule is CC(C)(C)[Si](C)(C)O[C@H](CO)CCc1ccccc1. The third-order valence-electron chi connectivity index (χ3n) is 4.07. The summed E-state index contributed by atoms with van der Waals surface area (Å²) in [5, 5.41) is 9.72. The summed E-state index contributed by atoms with van der Waals surface area (Å²) in [5.74, 6) is 0. The second kappa shape index (κ2) is 6.68. The molecule has 0 aliphatic carbocycles. The summed E-state index contributed by atoms with van der Waals surface area (Å²) in [6.07, 6.45) is 1.80. The van der Waals surface area contributed by atoms with E-state index in [-0.39, 0.29) is 17.7 Å². The molecule has 0 radical (unpaired) electrons. The molecule has 1 atom stereocenters. The molecule has 108 valence electrons. The number of benzene rings is 1. The number of aliphatic hydroxyl groups is 1. The van der Waals surface area contributed by atoms with E-state index in [4.69, 9.17) is 4.43 Å². The van der Waals surface area contributed by atoms with E-state index in [1.165, 1.54) is 5.56 Å². The van der Waals surface area contributed by atoms with Crippen LogP contribution in [0.2, 0.25) is 18.1 Å². The van der Waals surface area contributed by atoms with Gasteiger partial charge in [0.05, 0.1) is 12.7 Å². The molecule has 1 N–H and O–H groups in total. The van der Waals surface area contributed by atoms with Gasteiger partial charge in [0.25, 0.3) is 0 Å². The summed E-state index contributed by atoms with van der Waals surface area (Å²) in [6.45, 7) is 11.3. The van der Waals surface area contributed by atoms with E-state index < -0.39 is 8.32 Å². The molecule has 0 saturated carbocycles. The predicted octanol–water partition coefficient (Wildman–Crippen LogP) is 4.00. The van der Waals surface area contributed by atoms with Crippen molar-refractivity contribution in [1.82, 2.24) is 0 Å². The molecule has 3 heteroatoms. The first-order valence-electron chi connectivity index (χ1n) is 7.09. The molecule has 2 nitrogen and oxygen atoms in total. The lowest BCUT2D eigenvalue weighted by Gasteiger charge is -2.39. The van der Waals surface area contributed by atoms with Crippen LogP contribution in [0.25, 0.3) is 0 Å². The maximum absolute atomic E-state index is 9.53.